The Labute approximate surface area is 102 Å². The van der Waals surface area contributed by atoms with E-state index in [2.05, 4.69) is 11.0 Å². The van der Waals surface area contributed by atoms with Crippen molar-refractivity contribution in [2.75, 3.05) is 18.8 Å². The van der Waals surface area contributed by atoms with Crippen molar-refractivity contribution in [3.05, 3.63) is 11.4 Å². The number of terminal acetylenes is 1. The lowest BCUT2D eigenvalue weighted by Gasteiger charge is -2.18. The first-order valence-corrected chi connectivity index (χ1v) is 5.60. The number of rotatable bonds is 4. The van der Waals surface area contributed by atoms with Crippen molar-refractivity contribution in [2.24, 2.45) is 7.05 Å². The summed E-state index contributed by atoms with van der Waals surface area (Å²) in [7, 11) is 1.71. The smallest absolute Gasteiger partial charge is 0.275 e. The van der Waals surface area contributed by atoms with Gasteiger partial charge in [-0.25, -0.2) is 0 Å². The van der Waals surface area contributed by atoms with Crippen LogP contribution in [0.25, 0.3) is 0 Å². The molecule has 2 N–H and O–H groups in total. The average molecular weight is 234 g/mol. The molecule has 0 aliphatic carbocycles. The molecule has 0 atom stereocenters. The molecule has 1 heterocycles. The molecule has 1 amide bonds. The summed E-state index contributed by atoms with van der Waals surface area (Å²) in [6.07, 6.45) is 5.93. The molecule has 0 saturated carbocycles. The lowest BCUT2D eigenvalue weighted by Crippen LogP contribution is -2.33. The lowest BCUT2D eigenvalue weighted by atomic mass is 10.2. The van der Waals surface area contributed by atoms with E-state index in [1.165, 1.54) is 4.68 Å². The molecule has 92 valence electrons. The van der Waals surface area contributed by atoms with Crippen LogP contribution in [0.15, 0.2) is 0 Å². The minimum Gasteiger partial charge on any atom is -0.395 e. The van der Waals surface area contributed by atoms with E-state index >= 15 is 0 Å². The fraction of sp³-hybridized carbons (Fsp3) is 0.500. The second-order valence-electron chi connectivity index (χ2n) is 3.71. The number of hydrogen-bond acceptors (Lipinski definition) is 3. The number of anilines is 1. The average Bonchev–Trinajstić information content (AvgIpc) is 2.60. The molecule has 0 unspecified atom stereocenters. The fourth-order valence-electron chi connectivity index (χ4n) is 1.70. The van der Waals surface area contributed by atoms with Crippen LogP contribution in [0.1, 0.15) is 30.0 Å². The molecule has 17 heavy (non-hydrogen) atoms. The van der Waals surface area contributed by atoms with E-state index in [0.717, 1.165) is 5.69 Å². The van der Waals surface area contributed by atoms with E-state index in [0.29, 0.717) is 24.3 Å². The topological polar surface area (TPSA) is 64.2 Å². The quantitative estimate of drug-likeness (QED) is 0.778. The third-order valence-corrected chi connectivity index (χ3v) is 2.65. The minimum absolute atomic E-state index is 0.169. The Balaban J connectivity index is 3.12. The first-order valence-electron chi connectivity index (χ1n) is 5.60. The minimum atomic E-state index is -0.169. The Morgan fingerprint density at radius 2 is 2.24 bits per heavy atom. The Morgan fingerprint density at radius 3 is 2.65 bits per heavy atom. The summed E-state index contributed by atoms with van der Waals surface area (Å²) in [5.74, 6) is 2.29. The molecule has 1 rings (SSSR count). The number of amides is 1. The van der Waals surface area contributed by atoms with Crippen molar-refractivity contribution in [3.8, 4) is 12.3 Å². The summed E-state index contributed by atoms with van der Waals surface area (Å²) in [5, 5.41) is 4.22. The number of nitrogen functional groups attached to an aromatic ring is 1. The Morgan fingerprint density at radius 1 is 1.59 bits per heavy atom. The van der Waals surface area contributed by atoms with Crippen LogP contribution in [0.3, 0.4) is 0 Å². The van der Waals surface area contributed by atoms with E-state index in [-0.39, 0.29) is 12.5 Å². The largest absolute Gasteiger partial charge is 0.395 e. The van der Waals surface area contributed by atoms with Gasteiger partial charge in [-0.15, -0.1) is 6.42 Å². The highest BCUT2D eigenvalue weighted by molar-refractivity contribution is 5.98. The molecule has 5 heteroatoms. The summed E-state index contributed by atoms with van der Waals surface area (Å²) in [6, 6.07) is 0. The molecule has 0 saturated heterocycles. The van der Waals surface area contributed by atoms with E-state index in [4.69, 9.17) is 12.2 Å². The maximum atomic E-state index is 12.2. The molecular weight excluding hydrogens is 216 g/mol. The monoisotopic (exact) mass is 234 g/mol. The van der Waals surface area contributed by atoms with Crippen LogP contribution >= 0.6 is 0 Å². The lowest BCUT2D eigenvalue weighted by molar-refractivity contribution is 0.0775. The zero-order chi connectivity index (χ0) is 13.0. The van der Waals surface area contributed by atoms with Crippen LogP contribution in [0.4, 0.5) is 5.69 Å². The highest BCUT2D eigenvalue weighted by Crippen LogP contribution is 2.18. The summed E-state index contributed by atoms with van der Waals surface area (Å²) >= 11 is 0. The number of nitrogens with two attached hydrogens (primary N) is 1. The van der Waals surface area contributed by atoms with E-state index in [1.54, 1.807) is 11.9 Å². The Kier molecular flexibility index (Phi) is 4.16. The number of carbonyl (C=O) groups is 1. The highest BCUT2D eigenvalue weighted by atomic mass is 16.2. The normalized spacial score (nSPS) is 10.0. The second kappa shape index (κ2) is 5.39. The van der Waals surface area contributed by atoms with Gasteiger partial charge in [0.25, 0.3) is 5.91 Å². The predicted molar refractivity (Wildman–Crippen MR) is 67.4 cm³/mol. The first kappa shape index (κ1) is 13.1. The molecule has 1 aromatic rings. The van der Waals surface area contributed by atoms with Crippen LogP contribution in [0.5, 0.6) is 0 Å². The predicted octanol–water partition coefficient (Wildman–Crippen LogP) is 0.660. The second-order valence-corrected chi connectivity index (χ2v) is 3.71. The van der Waals surface area contributed by atoms with Gasteiger partial charge in [0.1, 0.15) is 5.69 Å². The van der Waals surface area contributed by atoms with E-state index in [1.807, 2.05) is 13.8 Å². The van der Waals surface area contributed by atoms with Crippen molar-refractivity contribution in [1.29, 1.82) is 0 Å². The molecule has 0 aromatic carbocycles. The van der Waals surface area contributed by atoms with Crippen molar-refractivity contribution in [1.82, 2.24) is 14.7 Å². The van der Waals surface area contributed by atoms with Gasteiger partial charge in [-0.1, -0.05) is 12.8 Å². The van der Waals surface area contributed by atoms with Gasteiger partial charge in [0.2, 0.25) is 0 Å². The van der Waals surface area contributed by atoms with Crippen LogP contribution in [0, 0.1) is 12.3 Å². The fourth-order valence-corrected chi connectivity index (χ4v) is 1.70. The van der Waals surface area contributed by atoms with Crippen LogP contribution < -0.4 is 5.73 Å². The number of nitrogens with zero attached hydrogens (tertiary/aromatic N) is 3. The number of carbonyl (C=O) groups excluding carboxylic acids is 1. The maximum absolute atomic E-state index is 12.2. The summed E-state index contributed by atoms with van der Waals surface area (Å²) in [6.45, 7) is 4.66. The molecule has 1 aromatic heterocycles. The van der Waals surface area contributed by atoms with Crippen LogP contribution in [0.2, 0.25) is 0 Å². The van der Waals surface area contributed by atoms with Gasteiger partial charge in [-0.05, 0) is 13.3 Å². The molecular formula is C12H18N4O. The molecule has 0 bridgehead atoms. The summed E-state index contributed by atoms with van der Waals surface area (Å²) < 4.78 is 1.52. The SMILES string of the molecule is C#CCN(CC)C(=O)c1c(N)c(CC)nn1C. The van der Waals surface area contributed by atoms with Gasteiger partial charge in [-0.3, -0.25) is 9.48 Å². The molecule has 0 aliphatic heterocycles. The molecule has 0 spiro atoms. The maximum Gasteiger partial charge on any atom is 0.275 e. The van der Waals surface area contributed by atoms with Gasteiger partial charge < -0.3 is 10.6 Å². The number of aromatic nitrogens is 2. The Hall–Kier alpha value is -1.96. The molecule has 0 radical (unpaired) electrons. The third kappa shape index (κ3) is 2.41. The number of hydrogen-bond donors (Lipinski definition) is 1. The van der Waals surface area contributed by atoms with E-state index in [9.17, 15) is 4.79 Å². The Bertz CT molecular complexity index is 456. The van der Waals surface area contributed by atoms with Gasteiger partial charge in [0, 0.05) is 13.6 Å². The van der Waals surface area contributed by atoms with E-state index < -0.39 is 0 Å². The van der Waals surface area contributed by atoms with Crippen LogP contribution in [-0.2, 0) is 13.5 Å². The summed E-state index contributed by atoms with van der Waals surface area (Å²) in [5.41, 5.74) is 7.53. The highest BCUT2D eigenvalue weighted by Gasteiger charge is 2.22. The van der Waals surface area contributed by atoms with Crippen LogP contribution in [-0.4, -0.2) is 33.7 Å². The number of aryl methyl sites for hydroxylation is 2. The van der Waals surface area contributed by atoms with Crippen molar-refractivity contribution in [2.45, 2.75) is 20.3 Å². The molecule has 0 fully saturated rings. The molecule has 0 aliphatic rings. The van der Waals surface area contributed by atoms with Gasteiger partial charge in [-0.2, -0.15) is 5.10 Å². The van der Waals surface area contributed by atoms with Crippen molar-refractivity contribution in [3.63, 3.8) is 0 Å². The first-order chi connectivity index (χ1) is 8.06. The van der Waals surface area contributed by atoms with Gasteiger partial charge >= 0.3 is 0 Å². The van der Waals surface area contributed by atoms with Gasteiger partial charge in [0.05, 0.1) is 17.9 Å². The third-order valence-electron chi connectivity index (χ3n) is 2.65. The zero-order valence-electron chi connectivity index (χ0n) is 10.5. The summed E-state index contributed by atoms with van der Waals surface area (Å²) in [4.78, 5) is 13.8. The standard InChI is InChI=1S/C12H18N4O/c1-5-8-16(7-3)12(17)11-10(13)9(6-2)14-15(11)4/h1H,6-8,13H2,2-4H3. The van der Waals surface area contributed by atoms with Gasteiger partial charge in [0.15, 0.2) is 0 Å². The molecule has 5 nitrogen and oxygen atoms in total. The van der Waals surface area contributed by atoms with Crippen molar-refractivity contribution < 1.29 is 4.79 Å². The zero-order valence-corrected chi connectivity index (χ0v) is 10.5. The van der Waals surface area contributed by atoms with Crippen molar-refractivity contribution >= 4 is 11.6 Å².